The molecule has 1 aliphatic rings. The molecule has 0 unspecified atom stereocenters. The van der Waals surface area contributed by atoms with E-state index in [2.05, 4.69) is 32.7 Å². The lowest BCUT2D eigenvalue weighted by Crippen LogP contribution is -2.26. The van der Waals surface area contributed by atoms with E-state index in [0.717, 1.165) is 25.8 Å². The average molecular weight is 276 g/mol. The second-order valence-electron chi connectivity index (χ2n) is 3.80. The number of nitrogens with one attached hydrogen (secondary N) is 1. The Balaban J connectivity index is 1.77. The largest absolute Gasteiger partial charge is 0.393 e. The predicted molar refractivity (Wildman–Crippen MR) is 62.5 cm³/mol. The Hall–Kier alpha value is 0.100. The summed E-state index contributed by atoms with van der Waals surface area (Å²) in [6.45, 7) is 0.916. The lowest BCUT2D eigenvalue weighted by atomic mass is 10.2. The van der Waals surface area contributed by atoms with Crippen molar-refractivity contribution in [3.8, 4) is 0 Å². The molecule has 2 nitrogen and oxygen atoms in total. The van der Waals surface area contributed by atoms with Crippen LogP contribution in [-0.2, 0) is 6.54 Å². The number of rotatable bonds is 3. The average Bonchev–Trinajstić information content (AvgIpc) is 2.72. The van der Waals surface area contributed by atoms with Crippen LogP contribution in [0.25, 0.3) is 0 Å². The van der Waals surface area contributed by atoms with E-state index < -0.39 is 0 Å². The van der Waals surface area contributed by atoms with Crippen LogP contribution in [0.4, 0.5) is 0 Å². The van der Waals surface area contributed by atoms with Crippen molar-refractivity contribution in [3.05, 3.63) is 20.8 Å². The van der Waals surface area contributed by atoms with E-state index in [1.165, 1.54) is 9.35 Å². The molecule has 4 heteroatoms. The number of aliphatic hydroxyl groups is 1. The topological polar surface area (TPSA) is 32.3 Å². The Kier molecular flexibility index (Phi) is 3.60. The molecule has 1 saturated carbocycles. The Morgan fingerprint density at radius 3 is 3.00 bits per heavy atom. The fraction of sp³-hybridized carbons (Fsp3) is 0.600. The highest BCUT2D eigenvalue weighted by Gasteiger charge is 2.21. The van der Waals surface area contributed by atoms with Gasteiger partial charge in [-0.25, -0.2) is 0 Å². The van der Waals surface area contributed by atoms with Gasteiger partial charge in [0.1, 0.15) is 0 Å². The monoisotopic (exact) mass is 275 g/mol. The molecule has 2 rings (SSSR count). The number of hydrogen-bond donors (Lipinski definition) is 2. The van der Waals surface area contributed by atoms with E-state index in [0.29, 0.717) is 6.04 Å². The van der Waals surface area contributed by atoms with Crippen molar-refractivity contribution in [1.82, 2.24) is 5.32 Å². The molecule has 1 aliphatic carbocycles. The Morgan fingerprint density at radius 1 is 1.57 bits per heavy atom. The second kappa shape index (κ2) is 4.75. The van der Waals surface area contributed by atoms with Crippen LogP contribution in [0.5, 0.6) is 0 Å². The van der Waals surface area contributed by atoms with Gasteiger partial charge in [-0.1, -0.05) is 0 Å². The van der Waals surface area contributed by atoms with Crippen LogP contribution in [0.3, 0.4) is 0 Å². The molecule has 0 spiro atoms. The lowest BCUT2D eigenvalue weighted by Gasteiger charge is -2.10. The van der Waals surface area contributed by atoms with Crippen molar-refractivity contribution in [2.24, 2.45) is 0 Å². The summed E-state index contributed by atoms with van der Waals surface area (Å²) in [7, 11) is 0. The fourth-order valence-electron chi connectivity index (χ4n) is 1.84. The molecule has 14 heavy (non-hydrogen) atoms. The van der Waals surface area contributed by atoms with E-state index in [9.17, 15) is 5.11 Å². The summed E-state index contributed by atoms with van der Waals surface area (Å²) in [5.74, 6) is 0. The van der Waals surface area contributed by atoms with Crippen molar-refractivity contribution >= 4 is 27.3 Å². The van der Waals surface area contributed by atoms with Gasteiger partial charge in [0, 0.05) is 12.6 Å². The molecule has 2 N–H and O–H groups in total. The number of hydrogen-bond acceptors (Lipinski definition) is 3. The highest BCUT2D eigenvalue weighted by Crippen LogP contribution is 2.22. The molecular weight excluding hydrogens is 262 g/mol. The van der Waals surface area contributed by atoms with Crippen molar-refractivity contribution in [3.63, 3.8) is 0 Å². The van der Waals surface area contributed by atoms with Gasteiger partial charge >= 0.3 is 0 Å². The summed E-state index contributed by atoms with van der Waals surface area (Å²) in [5.41, 5.74) is 1.32. The van der Waals surface area contributed by atoms with Crippen LogP contribution in [0.2, 0.25) is 0 Å². The van der Waals surface area contributed by atoms with Gasteiger partial charge in [-0.05, 0) is 52.2 Å². The zero-order chi connectivity index (χ0) is 9.97. The summed E-state index contributed by atoms with van der Waals surface area (Å²) in [5, 5.41) is 15.0. The molecule has 0 amide bonds. The summed E-state index contributed by atoms with van der Waals surface area (Å²) >= 11 is 5.16. The molecule has 0 radical (unpaired) electrons. The van der Waals surface area contributed by atoms with Crippen molar-refractivity contribution in [1.29, 1.82) is 0 Å². The minimum atomic E-state index is -0.0817. The van der Waals surface area contributed by atoms with Gasteiger partial charge < -0.3 is 10.4 Å². The van der Waals surface area contributed by atoms with Gasteiger partial charge in [-0.3, -0.25) is 0 Å². The normalized spacial score (nSPS) is 27.0. The summed E-state index contributed by atoms with van der Waals surface area (Å²) in [4.78, 5) is 0. The maximum absolute atomic E-state index is 9.36. The molecule has 1 fully saturated rings. The molecule has 0 saturated heterocycles. The first-order chi connectivity index (χ1) is 6.74. The van der Waals surface area contributed by atoms with E-state index >= 15 is 0 Å². The Labute approximate surface area is 96.5 Å². The first-order valence-electron chi connectivity index (χ1n) is 4.88. The number of halogens is 1. The smallest absolute Gasteiger partial charge is 0.0701 e. The predicted octanol–water partition coefficient (Wildman–Crippen LogP) is 2.51. The van der Waals surface area contributed by atoms with E-state index in [-0.39, 0.29) is 6.10 Å². The van der Waals surface area contributed by atoms with Gasteiger partial charge in [0.25, 0.3) is 0 Å². The number of thiophene rings is 1. The van der Waals surface area contributed by atoms with Crippen LogP contribution in [0, 0.1) is 0 Å². The van der Waals surface area contributed by atoms with E-state index in [4.69, 9.17) is 0 Å². The maximum Gasteiger partial charge on any atom is 0.0701 e. The maximum atomic E-state index is 9.36. The van der Waals surface area contributed by atoms with E-state index in [1.807, 2.05) is 0 Å². The molecule has 2 atom stereocenters. The quantitative estimate of drug-likeness (QED) is 0.889. The highest BCUT2D eigenvalue weighted by molar-refractivity contribution is 9.11. The van der Waals surface area contributed by atoms with Crippen LogP contribution >= 0.6 is 27.3 Å². The molecule has 1 heterocycles. The third-order valence-electron chi connectivity index (χ3n) is 2.62. The molecule has 1 aromatic rings. The van der Waals surface area contributed by atoms with E-state index in [1.54, 1.807) is 11.3 Å². The second-order valence-corrected chi connectivity index (χ2v) is 6.09. The Bertz CT molecular complexity index is 302. The molecule has 0 aromatic carbocycles. The highest BCUT2D eigenvalue weighted by atomic mass is 79.9. The van der Waals surface area contributed by atoms with Gasteiger partial charge in [0.2, 0.25) is 0 Å². The minimum absolute atomic E-state index is 0.0817. The summed E-state index contributed by atoms with van der Waals surface area (Å²) in [6.07, 6.45) is 2.88. The van der Waals surface area contributed by atoms with Crippen LogP contribution in [-0.4, -0.2) is 17.3 Å². The van der Waals surface area contributed by atoms with Crippen LogP contribution < -0.4 is 5.32 Å². The molecule has 1 aromatic heterocycles. The molecule has 0 aliphatic heterocycles. The van der Waals surface area contributed by atoms with Crippen molar-refractivity contribution in [2.75, 3.05) is 0 Å². The van der Waals surface area contributed by atoms with Crippen LogP contribution in [0.1, 0.15) is 24.8 Å². The minimum Gasteiger partial charge on any atom is -0.393 e. The fourth-order valence-corrected chi connectivity index (χ4v) is 3.05. The van der Waals surface area contributed by atoms with Gasteiger partial charge in [0.05, 0.1) is 9.89 Å². The van der Waals surface area contributed by atoms with Crippen molar-refractivity contribution < 1.29 is 5.11 Å². The third kappa shape index (κ3) is 2.79. The van der Waals surface area contributed by atoms with Gasteiger partial charge in [0.15, 0.2) is 0 Å². The van der Waals surface area contributed by atoms with Gasteiger partial charge in [-0.15, -0.1) is 11.3 Å². The standard InChI is InChI=1S/C10H14BrNOS/c11-10-3-7(6-14-10)5-12-8-1-2-9(13)4-8/h3,6,8-9,12-13H,1-2,4-5H2/t8-,9+/m0/s1. The summed E-state index contributed by atoms with van der Waals surface area (Å²) in [6, 6.07) is 2.65. The number of aliphatic hydroxyl groups excluding tert-OH is 1. The molecular formula is C10H14BrNOS. The zero-order valence-corrected chi connectivity index (χ0v) is 10.3. The lowest BCUT2D eigenvalue weighted by molar-refractivity contribution is 0.179. The van der Waals surface area contributed by atoms with Gasteiger partial charge in [-0.2, -0.15) is 0 Å². The molecule has 0 bridgehead atoms. The zero-order valence-electron chi connectivity index (χ0n) is 7.87. The third-order valence-corrected chi connectivity index (χ3v) is 4.17. The Morgan fingerprint density at radius 2 is 2.43 bits per heavy atom. The first-order valence-corrected chi connectivity index (χ1v) is 6.55. The van der Waals surface area contributed by atoms with Crippen LogP contribution in [0.15, 0.2) is 15.2 Å². The molecule has 78 valence electrons. The first kappa shape index (κ1) is 10.6. The SMILES string of the molecule is O[C@@H]1CC[C@H](NCc2csc(Br)c2)C1. The summed E-state index contributed by atoms with van der Waals surface area (Å²) < 4.78 is 1.18. The van der Waals surface area contributed by atoms with Crippen molar-refractivity contribution in [2.45, 2.75) is 38.0 Å².